The van der Waals surface area contributed by atoms with Crippen LogP contribution in [0.25, 0.3) is 11.1 Å². The Labute approximate surface area is 97.7 Å². The van der Waals surface area contributed by atoms with E-state index in [1.807, 2.05) is 6.92 Å². The van der Waals surface area contributed by atoms with Gasteiger partial charge < -0.3 is 0 Å². The lowest BCUT2D eigenvalue weighted by Crippen LogP contribution is -1.90. The minimum Gasteiger partial charge on any atom is -0.258 e. The van der Waals surface area contributed by atoms with E-state index in [0.717, 1.165) is 16.7 Å². The molecule has 2 aromatic rings. The third-order valence-electron chi connectivity index (χ3n) is 2.59. The molecule has 0 aliphatic rings. The lowest BCUT2D eigenvalue weighted by molar-refractivity contribution is -0.384. The SMILES string of the molecule is Cc1ccc([N+](=O)[O-])cc1-c1ccc(F)cc1. The molecular weight excluding hydrogens is 221 g/mol. The molecule has 2 rings (SSSR count). The summed E-state index contributed by atoms with van der Waals surface area (Å²) in [5, 5.41) is 10.7. The van der Waals surface area contributed by atoms with E-state index in [1.54, 1.807) is 18.2 Å². The van der Waals surface area contributed by atoms with Crippen LogP contribution in [0.15, 0.2) is 42.5 Å². The molecule has 17 heavy (non-hydrogen) atoms. The summed E-state index contributed by atoms with van der Waals surface area (Å²) in [5.74, 6) is -0.322. The fourth-order valence-electron chi connectivity index (χ4n) is 1.66. The Balaban J connectivity index is 2.54. The molecule has 0 aliphatic carbocycles. The first-order valence-corrected chi connectivity index (χ1v) is 5.09. The average Bonchev–Trinajstić information content (AvgIpc) is 2.31. The van der Waals surface area contributed by atoms with E-state index in [0.29, 0.717) is 0 Å². The third-order valence-corrected chi connectivity index (χ3v) is 2.59. The number of aryl methyl sites for hydroxylation is 1. The van der Waals surface area contributed by atoms with Crippen LogP contribution < -0.4 is 0 Å². The van der Waals surface area contributed by atoms with Crippen molar-refractivity contribution in [1.29, 1.82) is 0 Å². The quantitative estimate of drug-likeness (QED) is 0.584. The van der Waals surface area contributed by atoms with Crippen molar-refractivity contribution < 1.29 is 9.31 Å². The van der Waals surface area contributed by atoms with Gasteiger partial charge in [0.15, 0.2) is 0 Å². The first kappa shape index (κ1) is 11.3. The molecule has 0 atom stereocenters. The van der Waals surface area contributed by atoms with E-state index in [2.05, 4.69) is 0 Å². The number of nitrogens with zero attached hydrogens (tertiary/aromatic N) is 1. The van der Waals surface area contributed by atoms with Gasteiger partial charge in [-0.25, -0.2) is 4.39 Å². The highest BCUT2D eigenvalue weighted by atomic mass is 19.1. The molecule has 0 saturated heterocycles. The van der Waals surface area contributed by atoms with Gasteiger partial charge in [-0.1, -0.05) is 18.2 Å². The van der Waals surface area contributed by atoms with Gasteiger partial charge in [0.2, 0.25) is 0 Å². The van der Waals surface area contributed by atoms with Gasteiger partial charge in [0.05, 0.1) is 4.92 Å². The van der Waals surface area contributed by atoms with Gasteiger partial charge in [0.25, 0.3) is 5.69 Å². The van der Waals surface area contributed by atoms with E-state index in [-0.39, 0.29) is 11.5 Å². The fraction of sp³-hybridized carbons (Fsp3) is 0.0769. The summed E-state index contributed by atoms with van der Waals surface area (Å²) in [4.78, 5) is 10.3. The lowest BCUT2D eigenvalue weighted by Gasteiger charge is -2.05. The summed E-state index contributed by atoms with van der Waals surface area (Å²) >= 11 is 0. The van der Waals surface area contributed by atoms with E-state index in [1.165, 1.54) is 24.3 Å². The second-order valence-electron chi connectivity index (χ2n) is 3.76. The molecule has 86 valence electrons. The number of halogens is 1. The van der Waals surface area contributed by atoms with Crippen LogP contribution in [-0.4, -0.2) is 4.92 Å². The highest BCUT2D eigenvalue weighted by molar-refractivity contribution is 5.69. The predicted molar refractivity (Wildman–Crippen MR) is 63.2 cm³/mol. The molecular formula is C13H10FNO2. The molecule has 0 radical (unpaired) electrons. The Morgan fingerprint density at radius 2 is 1.76 bits per heavy atom. The highest BCUT2D eigenvalue weighted by Gasteiger charge is 2.09. The molecule has 0 spiro atoms. The van der Waals surface area contributed by atoms with Crippen LogP contribution in [0, 0.1) is 22.9 Å². The van der Waals surface area contributed by atoms with Crippen molar-refractivity contribution in [3.05, 3.63) is 64.0 Å². The Kier molecular flexibility index (Phi) is 2.87. The van der Waals surface area contributed by atoms with E-state index in [4.69, 9.17) is 0 Å². The van der Waals surface area contributed by atoms with Gasteiger partial charge in [-0.15, -0.1) is 0 Å². The number of benzene rings is 2. The van der Waals surface area contributed by atoms with Crippen molar-refractivity contribution in [3.63, 3.8) is 0 Å². The molecule has 0 bridgehead atoms. The van der Waals surface area contributed by atoms with Crippen molar-refractivity contribution in [2.45, 2.75) is 6.92 Å². The number of hydrogen-bond acceptors (Lipinski definition) is 2. The Morgan fingerprint density at radius 1 is 1.12 bits per heavy atom. The first-order valence-electron chi connectivity index (χ1n) is 5.09. The summed E-state index contributed by atoms with van der Waals surface area (Å²) in [6.45, 7) is 1.86. The van der Waals surface area contributed by atoms with Gasteiger partial charge in [0, 0.05) is 12.1 Å². The molecule has 0 aliphatic heterocycles. The van der Waals surface area contributed by atoms with Crippen molar-refractivity contribution >= 4 is 5.69 Å². The summed E-state index contributed by atoms with van der Waals surface area (Å²) in [7, 11) is 0. The van der Waals surface area contributed by atoms with Crippen LogP contribution in [0.5, 0.6) is 0 Å². The number of hydrogen-bond donors (Lipinski definition) is 0. The topological polar surface area (TPSA) is 43.1 Å². The maximum atomic E-state index is 12.8. The molecule has 3 nitrogen and oxygen atoms in total. The zero-order valence-corrected chi connectivity index (χ0v) is 9.18. The Bertz CT molecular complexity index is 564. The van der Waals surface area contributed by atoms with Crippen LogP contribution in [0.1, 0.15) is 5.56 Å². The molecule has 0 unspecified atom stereocenters. The summed E-state index contributed by atoms with van der Waals surface area (Å²) in [5.41, 5.74) is 2.48. The molecule has 0 heterocycles. The molecule has 0 aromatic heterocycles. The van der Waals surface area contributed by atoms with Crippen molar-refractivity contribution in [3.8, 4) is 11.1 Å². The molecule has 0 fully saturated rings. The maximum Gasteiger partial charge on any atom is 0.270 e. The standard InChI is InChI=1S/C13H10FNO2/c1-9-2-7-12(15(16)17)8-13(9)10-3-5-11(14)6-4-10/h2-8H,1H3. The monoisotopic (exact) mass is 231 g/mol. The number of nitro groups is 1. The predicted octanol–water partition coefficient (Wildman–Crippen LogP) is 3.71. The van der Waals surface area contributed by atoms with Gasteiger partial charge in [-0.05, 0) is 35.7 Å². The van der Waals surface area contributed by atoms with Gasteiger partial charge in [-0.2, -0.15) is 0 Å². The lowest BCUT2D eigenvalue weighted by atomic mass is 10.00. The van der Waals surface area contributed by atoms with Crippen LogP contribution in [0.2, 0.25) is 0 Å². The number of nitro benzene ring substituents is 1. The Hall–Kier alpha value is -2.23. The second-order valence-corrected chi connectivity index (χ2v) is 3.76. The summed E-state index contributed by atoms with van der Waals surface area (Å²) in [6, 6.07) is 10.6. The van der Waals surface area contributed by atoms with Crippen LogP contribution in [0.4, 0.5) is 10.1 Å². The van der Waals surface area contributed by atoms with E-state index in [9.17, 15) is 14.5 Å². The van der Waals surface area contributed by atoms with E-state index >= 15 is 0 Å². The number of rotatable bonds is 2. The Morgan fingerprint density at radius 3 is 2.35 bits per heavy atom. The van der Waals surface area contributed by atoms with Gasteiger partial charge >= 0.3 is 0 Å². The largest absolute Gasteiger partial charge is 0.270 e. The van der Waals surface area contributed by atoms with Crippen molar-refractivity contribution in [1.82, 2.24) is 0 Å². The second kappa shape index (κ2) is 4.33. The van der Waals surface area contributed by atoms with E-state index < -0.39 is 4.92 Å². The van der Waals surface area contributed by atoms with Crippen LogP contribution >= 0.6 is 0 Å². The minimum absolute atomic E-state index is 0.0370. The maximum absolute atomic E-state index is 12.8. The zero-order valence-electron chi connectivity index (χ0n) is 9.18. The summed E-state index contributed by atoms with van der Waals surface area (Å²) in [6.07, 6.45) is 0. The molecule has 2 aromatic carbocycles. The molecule has 0 amide bonds. The number of non-ortho nitro benzene ring substituents is 1. The molecule has 0 N–H and O–H groups in total. The van der Waals surface area contributed by atoms with Crippen molar-refractivity contribution in [2.24, 2.45) is 0 Å². The first-order chi connectivity index (χ1) is 8.08. The normalized spacial score (nSPS) is 10.2. The fourth-order valence-corrected chi connectivity index (χ4v) is 1.66. The van der Waals surface area contributed by atoms with Crippen LogP contribution in [-0.2, 0) is 0 Å². The average molecular weight is 231 g/mol. The van der Waals surface area contributed by atoms with Gasteiger partial charge in [-0.3, -0.25) is 10.1 Å². The zero-order chi connectivity index (χ0) is 12.4. The molecule has 4 heteroatoms. The smallest absolute Gasteiger partial charge is 0.258 e. The highest BCUT2D eigenvalue weighted by Crippen LogP contribution is 2.27. The van der Waals surface area contributed by atoms with Crippen molar-refractivity contribution in [2.75, 3.05) is 0 Å². The van der Waals surface area contributed by atoms with Crippen LogP contribution in [0.3, 0.4) is 0 Å². The molecule has 0 saturated carbocycles. The summed E-state index contributed by atoms with van der Waals surface area (Å²) < 4.78 is 12.8. The minimum atomic E-state index is -0.438. The van der Waals surface area contributed by atoms with Gasteiger partial charge in [0.1, 0.15) is 5.82 Å². The third kappa shape index (κ3) is 2.30.